The highest BCUT2D eigenvalue weighted by Crippen LogP contribution is 2.34. The van der Waals surface area contributed by atoms with Crippen LogP contribution in [0.25, 0.3) is 0 Å². The van der Waals surface area contributed by atoms with Crippen molar-refractivity contribution in [2.75, 3.05) is 0 Å². The van der Waals surface area contributed by atoms with E-state index in [-0.39, 0.29) is 25.3 Å². The summed E-state index contributed by atoms with van der Waals surface area (Å²) in [5, 5.41) is 13.5. The second-order valence-corrected chi connectivity index (χ2v) is 6.21. The Balaban J connectivity index is 2.20. The molecule has 1 saturated carbocycles. The molecule has 1 rings (SSSR count). The number of carbonyl (C=O) groups is 3. The maximum Gasteiger partial charge on any atom is 0.321 e. The number of hydrogen-bond acceptors (Lipinski definition) is 3. The highest BCUT2D eigenvalue weighted by Gasteiger charge is 2.27. The zero-order valence-electron chi connectivity index (χ0n) is 12.2. The van der Waals surface area contributed by atoms with Gasteiger partial charge in [-0.3, -0.25) is 14.9 Å². The van der Waals surface area contributed by atoms with Crippen LogP contribution in [0.15, 0.2) is 0 Å². The van der Waals surface area contributed by atoms with Gasteiger partial charge in [-0.05, 0) is 37.5 Å². The summed E-state index contributed by atoms with van der Waals surface area (Å²) in [6, 6.07) is -0.357. The third-order valence-corrected chi connectivity index (χ3v) is 3.72. The molecule has 3 N–H and O–H groups in total. The van der Waals surface area contributed by atoms with Crippen LogP contribution in [-0.2, 0) is 9.59 Å². The van der Waals surface area contributed by atoms with Gasteiger partial charge in [0.2, 0.25) is 5.91 Å². The standard InChI is InChI=1S/C14H24N2O4/c1-14(2)8-6-10(7-9-14)15-13(20)16-11(17)4-3-5-12(18)19/h10H,3-9H2,1-2H3,(H,18,19)(H2,15,16,17,20). The van der Waals surface area contributed by atoms with E-state index in [1.807, 2.05) is 0 Å². The van der Waals surface area contributed by atoms with Crippen LogP contribution < -0.4 is 10.6 Å². The fraction of sp³-hybridized carbons (Fsp3) is 0.786. The Morgan fingerprint density at radius 3 is 2.30 bits per heavy atom. The van der Waals surface area contributed by atoms with Gasteiger partial charge in [-0.25, -0.2) is 4.79 Å². The summed E-state index contributed by atoms with van der Waals surface area (Å²) in [7, 11) is 0. The van der Waals surface area contributed by atoms with Crippen LogP contribution in [0.2, 0.25) is 0 Å². The van der Waals surface area contributed by atoms with Crippen LogP contribution in [0.3, 0.4) is 0 Å². The molecule has 3 amide bonds. The lowest BCUT2D eigenvalue weighted by Crippen LogP contribution is -2.46. The molecule has 0 spiro atoms. The van der Waals surface area contributed by atoms with Crippen molar-refractivity contribution < 1.29 is 19.5 Å². The van der Waals surface area contributed by atoms with Crippen LogP contribution >= 0.6 is 0 Å². The van der Waals surface area contributed by atoms with Crippen LogP contribution in [0.5, 0.6) is 0 Å². The molecule has 0 unspecified atom stereocenters. The van der Waals surface area contributed by atoms with Gasteiger partial charge in [0.15, 0.2) is 0 Å². The van der Waals surface area contributed by atoms with Crippen molar-refractivity contribution in [3.63, 3.8) is 0 Å². The van der Waals surface area contributed by atoms with Crippen LogP contribution in [0, 0.1) is 5.41 Å². The summed E-state index contributed by atoms with van der Waals surface area (Å²) in [5.74, 6) is -1.37. The summed E-state index contributed by atoms with van der Waals surface area (Å²) in [6.07, 6.45) is 4.20. The largest absolute Gasteiger partial charge is 0.481 e. The van der Waals surface area contributed by atoms with E-state index < -0.39 is 17.9 Å². The van der Waals surface area contributed by atoms with Gasteiger partial charge < -0.3 is 10.4 Å². The predicted octanol–water partition coefficient (Wildman–Crippen LogP) is 2.04. The van der Waals surface area contributed by atoms with Gasteiger partial charge in [0.1, 0.15) is 0 Å². The smallest absolute Gasteiger partial charge is 0.321 e. The molecule has 0 aromatic carbocycles. The summed E-state index contributed by atoms with van der Waals surface area (Å²) in [4.78, 5) is 33.3. The second-order valence-electron chi connectivity index (χ2n) is 6.21. The van der Waals surface area contributed by atoms with Crippen molar-refractivity contribution in [2.24, 2.45) is 5.41 Å². The number of carbonyl (C=O) groups excluding carboxylic acids is 2. The Hall–Kier alpha value is -1.59. The molecule has 6 heteroatoms. The lowest BCUT2D eigenvalue weighted by Gasteiger charge is -2.34. The second kappa shape index (κ2) is 7.26. The third kappa shape index (κ3) is 6.54. The maximum absolute atomic E-state index is 11.6. The van der Waals surface area contributed by atoms with Crippen molar-refractivity contribution >= 4 is 17.9 Å². The Labute approximate surface area is 119 Å². The monoisotopic (exact) mass is 284 g/mol. The Kier molecular flexibility index (Phi) is 5.98. The molecule has 1 aliphatic rings. The van der Waals surface area contributed by atoms with Gasteiger partial charge in [0, 0.05) is 18.9 Å². The molecule has 114 valence electrons. The molecule has 0 aliphatic heterocycles. The van der Waals surface area contributed by atoms with Gasteiger partial charge in [0.25, 0.3) is 0 Å². The quantitative estimate of drug-likeness (QED) is 0.720. The Morgan fingerprint density at radius 1 is 1.15 bits per heavy atom. The minimum Gasteiger partial charge on any atom is -0.481 e. The molecular formula is C14H24N2O4. The summed E-state index contributed by atoms with van der Waals surface area (Å²) >= 11 is 0. The molecule has 0 bridgehead atoms. The fourth-order valence-electron chi connectivity index (χ4n) is 2.35. The minimum absolute atomic E-state index is 0.0530. The molecule has 1 fully saturated rings. The predicted molar refractivity (Wildman–Crippen MR) is 74.2 cm³/mol. The van der Waals surface area contributed by atoms with E-state index in [1.54, 1.807) is 0 Å². The van der Waals surface area contributed by atoms with E-state index in [2.05, 4.69) is 24.5 Å². The average Bonchev–Trinajstić information content (AvgIpc) is 2.31. The molecule has 0 heterocycles. The van der Waals surface area contributed by atoms with Crippen molar-refractivity contribution in [1.29, 1.82) is 0 Å². The van der Waals surface area contributed by atoms with Gasteiger partial charge in [-0.1, -0.05) is 13.8 Å². The molecule has 0 saturated heterocycles. The summed E-state index contributed by atoms with van der Waals surface area (Å²) in [6.45, 7) is 4.44. The van der Waals surface area contributed by atoms with E-state index in [1.165, 1.54) is 0 Å². The number of nitrogens with one attached hydrogen (secondary N) is 2. The average molecular weight is 284 g/mol. The number of amides is 3. The van der Waals surface area contributed by atoms with Gasteiger partial charge in [0.05, 0.1) is 0 Å². The molecule has 0 aromatic heterocycles. The zero-order chi connectivity index (χ0) is 15.2. The highest BCUT2D eigenvalue weighted by molar-refractivity contribution is 5.94. The summed E-state index contributed by atoms with van der Waals surface area (Å²) in [5.41, 5.74) is 0.335. The maximum atomic E-state index is 11.6. The first kappa shape index (κ1) is 16.5. The lowest BCUT2D eigenvalue weighted by molar-refractivity contribution is -0.137. The van der Waals surface area contributed by atoms with Gasteiger partial charge >= 0.3 is 12.0 Å². The lowest BCUT2D eigenvalue weighted by atomic mass is 9.76. The summed E-state index contributed by atoms with van der Waals surface area (Å²) < 4.78 is 0. The SMILES string of the molecule is CC1(C)CCC(NC(=O)NC(=O)CCCC(=O)O)CC1. The normalized spacial score (nSPS) is 18.3. The number of carboxylic acid groups (broad SMARTS) is 1. The first-order chi connectivity index (χ1) is 9.28. The zero-order valence-corrected chi connectivity index (χ0v) is 12.2. The Morgan fingerprint density at radius 2 is 1.75 bits per heavy atom. The van der Waals surface area contributed by atoms with E-state index in [9.17, 15) is 14.4 Å². The van der Waals surface area contributed by atoms with Crippen LogP contribution in [0.4, 0.5) is 4.79 Å². The molecular weight excluding hydrogens is 260 g/mol. The number of carboxylic acids is 1. The first-order valence-electron chi connectivity index (χ1n) is 7.11. The van der Waals surface area contributed by atoms with E-state index in [4.69, 9.17) is 5.11 Å². The van der Waals surface area contributed by atoms with Crippen LogP contribution in [0.1, 0.15) is 58.8 Å². The van der Waals surface area contributed by atoms with Crippen molar-refractivity contribution in [1.82, 2.24) is 10.6 Å². The molecule has 1 aliphatic carbocycles. The number of hydrogen-bond donors (Lipinski definition) is 3. The molecule has 6 nitrogen and oxygen atoms in total. The number of imide groups is 1. The Bertz CT molecular complexity index is 369. The van der Waals surface area contributed by atoms with E-state index >= 15 is 0 Å². The van der Waals surface area contributed by atoms with Crippen molar-refractivity contribution in [3.8, 4) is 0 Å². The third-order valence-electron chi connectivity index (χ3n) is 3.72. The van der Waals surface area contributed by atoms with Crippen molar-refractivity contribution in [2.45, 2.75) is 64.8 Å². The molecule has 0 radical (unpaired) electrons. The fourth-order valence-corrected chi connectivity index (χ4v) is 2.35. The topological polar surface area (TPSA) is 95.5 Å². The van der Waals surface area contributed by atoms with Gasteiger partial charge in [-0.15, -0.1) is 0 Å². The molecule has 0 aromatic rings. The van der Waals surface area contributed by atoms with E-state index in [0.29, 0.717) is 5.41 Å². The first-order valence-corrected chi connectivity index (χ1v) is 7.11. The van der Waals surface area contributed by atoms with E-state index in [0.717, 1.165) is 25.7 Å². The van der Waals surface area contributed by atoms with Crippen molar-refractivity contribution in [3.05, 3.63) is 0 Å². The number of aliphatic carboxylic acids is 1. The minimum atomic E-state index is -0.938. The highest BCUT2D eigenvalue weighted by atomic mass is 16.4. The van der Waals surface area contributed by atoms with Crippen LogP contribution in [-0.4, -0.2) is 29.1 Å². The van der Waals surface area contributed by atoms with Gasteiger partial charge in [-0.2, -0.15) is 0 Å². The molecule has 20 heavy (non-hydrogen) atoms. The number of urea groups is 1. The number of rotatable bonds is 5. The molecule has 0 atom stereocenters.